The normalized spacial score (nSPS) is 23.3. The fourth-order valence-corrected chi connectivity index (χ4v) is 4.68. The van der Waals surface area contributed by atoms with Gasteiger partial charge in [-0.3, -0.25) is 4.79 Å². The molecule has 0 spiro atoms. The molecule has 2 aliphatic rings. The number of fused-ring (bicyclic) bond motifs is 3. The molecule has 1 fully saturated rings. The number of halogens is 1. The number of carbonyl (C=O) groups excluding carboxylic acids is 1. The number of anilines is 1. The van der Waals surface area contributed by atoms with E-state index in [0.717, 1.165) is 23.0 Å². The lowest BCUT2D eigenvalue weighted by molar-refractivity contribution is -0.124. The summed E-state index contributed by atoms with van der Waals surface area (Å²) in [6, 6.07) is 15.0. The summed E-state index contributed by atoms with van der Waals surface area (Å²) in [5, 5.41) is 3.34. The van der Waals surface area contributed by atoms with Crippen molar-refractivity contribution in [1.82, 2.24) is 5.32 Å². The first-order valence-corrected chi connectivity index (χ1v) is 10.3. The third-order valence-corrected chi connectivity index (χ3v) is 6.62. The Hall–Kier alpha value is -2.07. The second-order valence-corrected chi connectivity index (χ2v) is 8.85. The van der Waals surface area contributed by atoms with E-state index in [1.165, 1.54) is 16.8 Å². The predicted molar refractivity (Wildman–Crippen MR) is 115 cm³/mol. The lowest BCUT2D eigenvalue weighted by atomic mass is 9.74. The van der Waals surface area contributed by atoms with Gasteiger partial charge in [-0.05, 0) is 47.4 Å². The Bertz CT molecular complexity index is 916. The molecule has 1 saturated heterocycles. The highest BCUT2D eigenvalue weighted by molar-refractivity contribution is 9.10. The zero-order chi connectivity index (χ0) is 19.2. The Morgan fingerprint density at radius 3 is 2.63 bits per heavy atom. The average Bonchev–Trinajstić information content (AvgIpc) is 2.85. The Morgan fingerprint density at radius 2 is 1.93 bits per heavy atom. The fraction of sp³-hybridized carbons (Fsp3) is 0.348. The molecule has 4 heteroatoms. The van der Waals surface area contributed by atoms with Crippen molar-refractivity contribution < 1.29 is 4.79 Å². The van der Waals surface area contributed by atoms with E-state index >= 15 is 0 Å². The van der Waals surface area contributed by atoms with E-state index < -0.39 is 5.66 Å². The molecule has 1 N–H and O–H groups in total. The zero-order valence-electron chi connectivity index (χ0n) is 16.1. The van der Waals surface area contributed by atoms with Crippen LogP contribution >= 0.6 is 15.9 Å². The van der Waals surface area contributed by atoms with Crippen LogP contribution in [0.15, 0.2) is 53.0 Å². The highest BCUT2D eigenvalue weighted by Gasteiger charge is 2.57. The molecule has 2 heterocycles. The Morgan fingerprint density at radius 1 is 1.19 bits per heavy atom. The van der Waals surface area contributed by atoms with E-state index in [0.29, 0.717) is 6.42 Å². The lowest BCUT2D eigenvalue weighted by Crippen LogP contribution is -2.68. The second-order valence-electron chi connectivity index (χ2n) is 7.93. The maximum Gasteiger partial charge on any atom is 0.223 e. The van der Waals surface area contributed by atoms with Crippen molar-refractivity contribution >= 4 is 33.6 Å². The molecule has 0 aromatic heterocycles. The van der Waals surface area contributed by atoms with Gasteiger partial charge in [-0.25, -0.2) is 0 Å². The van der Waals surface area contributed by atoms with Crippen molar-refractivity contribution in [2.45, 2.75) is 44.7 Å². The molecule has 27 heavy (non-hydrogen) atoms. The zero-order valence-corrected chi connectivity index (χ0v) is 17.6. The van der Waals surface area contributed by atoms with Crippen LogP contribution in [0, 0.1) is 0 Å². The lowest BCUT2D eigenvalue weighted by Gasteiger charge is -2.49. The van der Waals surface area contributed by atoms with Gasteiger partial charge in [0.1, 0.15) is 5.66 Å². The molecule has 3 nitrogen and oxygen atoms in total. The molecule has 1 amide bonds. The van der Waals surface area contributed by atoms with Gasteiger partial charge >= 0.3 is 0 Å². The van der Waals surface area contributed by atoms with Crippen molar-refractivity contribution in [2.24, 2.45) is 0 Å². The number of nitrogens with one attached hydrogen (secondary N) is 1. The molecular formula is C23H25BrN2O. The maximum atomic E-state index is 12.5. The Labute approximate surface area is 169 Å². The number of hydrogen-bond donors (Lipinski definition) is 1. The van der Waals surface area contributed by atoms with Crippen molar-refractivity contribution in [1.29, 1.82) is 0 Å². The van der Waals surface area contributed by atoms with Gasteiger partial charge in [0.25, 0.3) is 0 Å². The highest BCUT2D eigenvalue weighted by atomic mass is 79.9. The van der Waals surface area contributed by atoms with Crippen LogP contribution in [0.25, 0.3) is 6.08 Å². The van der Waals surface area contributed by atoms with Crippen LogP contribution in [0.4, 0.5) is 5.69 Å². The van der Waals surface area contributed by atoms with Crippen molar-refractivity contribution in [3.05, 3.63) is 69.7 Å². The summed E-state index contributed by atoms with van der Waals surface area (Å²) in [6.07, 6.45) is 5.84. The molecule has 0 radical (unpaired) electrons. The molecule has 4 rings (SSSR count). The van der Waals surface area contributed by atoms with E-state index in [4.69, 9.17) is 0 Å². The first-order chi connectivity index (χ1) is 12.9. The molecule has 0 unspecified atom stereocenters. The summed E-state index contributed by atoms with van der Waals surface area (Å²) in [5.41, 5.74) is 4.20. The van der Waals surface area contributed by atoms with Crippen molar-refractivity contribution in [3.63, 3.8) is 0 Å². The van der Waals surface area contributed by atoms with Crippen LogP contribution in [-0.2, 0) is 16.6 Å². The number of hydrogen-bond acceptors (Lipinski definition) is 2. The van der Waals surface area contributed by atoms with Crippen LogP contribution < -0.4 is 10.2 Å². The topological polar surface area (TPSA) is 32.3 Å². The van der Waals surface area contributed by atoms with Gasteiger partial charge in [-0.2, -0.15) is 0 Å². The van der Waals surface area contributed by atoms with Crippen LogP contribution in [0.3, 0.4) is 0 Å². The van der Waals surface area contributed by atoms with Gasteiger partial charge in [0.2, 0.25) is 5.91 Å². The van der Waals surface area contributed by atoms with Crippen LogP contribution in [-0.4, -0.2) is 18.1 Å². The Kier molecular flexibility index (Phi) is 4.42. The SMILES string of the molecule is CCc1ccc2c(c1)C(C)(C)[C@@]1(C=Cc3ccc(Br)cc3)NC(=O)CCN21. The minimum absolute atomic E-state index is 0.114. The molecule has 1 atom stereocenters. The number of amides is 1. The molecule has 2 aliphatic heterocycles. The highest BCUT2D eigenvalue weighted by Crippen LogP contribution is 2.52. The van der Waals surface area contributed by atoms with Crippen molar-refractivity contribution in [3.8, 4) is 0 Å². The quantitative estimate of drug-likeness (QED) is 0.748. The average molecular weight is 425 g/mol. The molecule has 140 valence electrons. The number of carbonyl (C=O) groups is 1. The summed E-state index contributed by atoms with van der Waals surface area (Å²) in [5.74, 6) is 0.114. The van der Waals surface area contributed by atoms with E-state index in [-0.39, 0.29) is 11.3 Å². The molecule has 2 aromatic rings. The Balaban J connectivity index is 1.84. The van der Waals surface area contributed by atoms with Crippen LogP contribution in [0.2, 0.25) is 0 Å². The second kappa shape index (κ2) is 6.52. The number of benzene rings is 2. The van der Waals surface area contributed by atoms with E-state index in [2.05, 4.69) is 89.4 Å². The number of nitrogens with zero attached hydrogens (tertiary/aromatic N) is 1. The van der Waals surface area contributed by atoms with E-state index in [9.17, 15) is 4.79 Å². The summed E-state index contributed by atoms with van der Waals surface area (Å²) in [6.45, 7) is 7.39. The summed E-state index contributed by atoms with van der Waals surface area (Å²) in [4.78, 5) is 14.8. The monoisotopic (exact) mass is 424 g/mol. The molecular weight excluding hydrogens is 400 g/mol. The van der Waals surface area contributed by atoms with Gasteiger partial charge in [0.05, 0.1) is 0 Å². The van der Waals surface area contributed by atoms with Crippen LogP contribution in [0.5, 0.6) is 0 Å². The number of rotatable bonds is 3. The molecule has 0 bridgehead atoms. The molecule has 0 aliphatic carbocycles. The standard InChI is InChI=1S/C23H25BrN2O/c1-4-16-7-10-20-19(15-16)22(2,3)23(25-21(27)12-14-26(20)23)13-11-17-5-8-18(24)9-6-17/h5-11,13,15H,4,12,14H2,1-3H3,(H,25,27)/t23-/m0/s1. The van der Waals surface area contributed by atoms with Gasteiger partial charge in [-0.1, -0.05) is 67.0 Å². The van der Waals surface area contributed by atoms with Gasteiger partial charge < -0.3 is 10.2 Å². The first kappa shape index (κ1) is 18.3. The molecule has 2 aromatic carbocycles. The summed E-state index contributed by atoms with van der Waals surface area (Å²) in [7, 11) is 0. The fourth-order valence-electron chi connectivity index (χ4n) is 4.41. The maximum absolute atomic E-state index is 12.5. The predicted octanol–water partition coefficient (Wildman–Crippen LogP) is 5.04. The van der Waals surface area contributed by atoms with Crippen molar-refractivity contribution in [2.75, 3.05) is 11.4 Å². The van der Waals surface area contributed by atoms with Gasteiger partial charge in [0.15, 0.2) is 0 Å². The van der Waals surface area contributed by atoms with Crippen LogP contribution in [0.1, 0.15) is 43.9 Å². The molecule has 0 saturated carbocycles. The smallest absolute Gasteiger partial charge is 0.223 e. The third kappa shape index (κ3) is 2.82. The van der Waals surface area contributed by atoms with Gasteiger partial charge in [-0.15, -0.1) is 0 Å². The number of aryl methyl sites for hydroxylation is 1. The largest absolute Gasteiger partial charge is 0.344 e. The minimum Gasteiger partial charge on any atom is -0.344 e. The van der Waals surface area contributed by atoms with E-state index in [1.807, 2.05) is 12.1 Å². The summed E-state index contributed by atoms with van der Waals surface area (Å²) >= 11 is 3.49. The first-order valence-electron chi connectivity index (χ1n) is 9.54. The minimum atomic E-state index is -0.551. The third-order valence-electron chi connectivity index (χ3n) is 6.09. The van der Waals surface area contributed by atoms with E-state index in [1.54, 1.807) is 0 Å². The van der Waals surface area contributed by atoms with Gasteiger partial charge in [0, 0.05) is 28.5 Å². The summed E-state index contributed by atoms with van der Waals surface area (Å²) < 4.78 is 1.06.